The van der Waals surface area contributed by atoms with E-state index in [1.807, 2.05) is 13.8 Å². The fourth-order valence-corrected chi connectivity index (χ4v) is 1.30. The van der Waals surface area contributed by atoms with Gasteiger partial charge in [-0.3, -0.25) is 9.59 Å². The average Bonchev–Trinajstić information content (AvgIpc) is 1.98. The fraction of sp³-hybridized carbons (Fsp3) is 0.778. The lowest BCUT2D eigenvalue weighted by molar-refractivity contribution is -0.140. The molecule has 0 saturated heterocycles. The van der Waals surface area contributed by atoms with Crippen molar-refractivity contribution in [2.45, 2.75) is 26.7 Å². The van der Waals surface area contributed by atoms with Gasteiger partial charge in [0, 0.05) is 5.92 Å². The first-order valence-corrected chi connectivity index (χ1v) is 4.33. The predicted molar refractivity (Wildman–Crippen MR) is 47.2 cm³/mol. The topological polar surface area (TPSA) is 63.6 Å². The van der Waals surface area contributed by atoms with Gasteiger partial charge in [-0.2, -0.15) is 0 Å². The quantitative estimate of drug-likeness (QED) is 0.611. The Kier molecular flexibility index (Phi) is 5.93. The molecule has 13 heavy (non-hydrogen) atoms. The van der Waals surface area contributed by atoms with Gasteiger partial charge in [0.05, 0.1) is 13.0 Å². The van der Waals surface area contributed by atoms with Crippen molar-refractivity contribution in [1.29, 1.82) is 0 Å². The van der Waals surface area contributed by atoms with Crippen LogP contribution in [0, 0.1) is 11.8 Å². The molecule has 76 valence electrons. The van der Waals surface area contributed by atoms with E-state index in [1.165, 1.54) is 0 Å². The molecule has 0 aliphatic rings. The highest BCUT2D eigenvalue weighted by Crippen LogP contribution is 2.15. The van der Waals surface area contributed by atoms with E-state index < -0.39 is 5.97 Å². The molecule has 4 heteroatoms. The van der Waals surface area contributed by atoms with Gasteiger partial charge in [0.15, 0.2) is 0 Å². The third kappa shape index (κ3) is 7.31. The number of aliphatic carboxylic acids is 1. The zero-order valence-corrected chi connectivity index (χ0v) is 8.03. The summed E-state index contributed by atoms with van der Waals surface area (Å²) >= 11 is 0. The standard InChI is InChI=1S/C9H16O4/c1-7(2)3-8(4-9(11)12)5-13-6-10/h6-8H,3-5H2,1-2H3,(H,11,12). The van der Waals surface area contributed by atoms with Crippen molar-refractivity contribution in [3.8, 4) is 0 Å². The van der Waals surface area contributed by atoms with Gasteiger partial charge >= 0.3 is 5.97 Å². The van der Waals surface area contributed by atoms with Crippen molar-refractivity contribution in [2.75, 3.05) is 6.61 Å². The number of hydrogen-bond acceptors (Lipinski definition) is 3. The van der Waals surface area contributed by atoms with Gasteiger partial charge in [-0.1, -0.05) is 13.8 Å². The minimum Gasteiger partial charge on any atom is -0.481 e. The summed E-state index contributed by atoms with van der Waals surface area (Å²) in [5.74, 6) is -0.498. The van der Waals surface area contributed by atoms with Gasteiger partial charge in [0.25, 0.3) is 6.47 Å². The number of ether oxygens (including phenoxy) is 1. The van der Waals surface area contributed by atoms with E-state index in [0.29, 0.717) is 12.4 Å². The van der Waals surface area contributed by atoms with Crippen molar-refractivity contribution in [2.24, 2.45) is 11.8 Å². The van der Waals surface area contributed by atoms with E-state index in [-0.39, 0.29) is 18.9 Å². The van der Waals surface area contributed by atoms with E-state index in [0.717, 1.165) is 6.42 Å². The number of rotatable bonds is 7. The molecule has 0 rings (SSSR count). The van der Waals surface area contributed by atoms with Crippen LogP contribution >= 0.6 is 0 Å². The molecular weight excluding hydrogens is 172 g/mol. The minimum atomic E-state index is -0.847. The van der Waals surface area contributed by atoms with Crippen LogP contribution < -0.4 is 0 Å². The average molecular weight is 188 g/mol. The monoisotopic (exact) mass is 188 g/mol. The molecule has 0 saturated carbocycles. The normalized spacial score (nSPS) is 12.5. The first-order valence-electron chi connectivity index (χ1n) is 4.33. The van der Waals surface area contributed by atoms with Crippen LogP contribution in [-0.2, 0) is 14.3 Å². The Morgan fingerprint density at radius 1 is 1.54 bits per heavy atom. The number of carbonyl (C=O) groups is 2. The van der Waals surface area contributed by atoms with Crippen LogP contribution in [0.5, 0.6) is 0 Å². The zero-order chi connectivity index (χ0) is 10.3. The molecule has 1 N–H and O–H groups in total. The Morgan fingerprint density at radius 3 is 2.54 bits per heavy atom. The molecule has 0 fully saturated rings. The molecule has 0 aromatic carbocycles. The molecule has 0 aromatic rings. The SMILES string of the molecule is CC(C)CC(COC=O)CC(=O)O. The third-order valence-electron chi connectivity index (χ3n) is 1.67. The van der Waals surface area contributed by atoms with Gasteiger partial charge in [-0.05, 0) is 12.3 Å². The van der Waals surface area contributed by atoms with Crippen LogP contribution in [0.1, 0.15) is 26.7 Å². The largest absolute Gasteiger partial charge is 0.481 e. The van der Waals surface area contributed by atoms with Crippen LogP contribution in [0.2, 0.25) is 0 Å². The van der Waals surface area contributed by atoms with Crippen molar-refractivity contribution in [3.05, 3.63) is 0 Å². The summed E-state index contributed by atoms with van der Waals surface area (Å²) in [7, 11) is 0. The molecule has 0 heterocycles. The van der Waals surface area contributed by atoms with Crippen molar-refractivity contribution in [1.82, 2.24) is 0 Å². The predicted octanol–water partition coefficient (Wildman–Crippen LogP) is 1.30. The van der Waals surface area contributed by atoms with Crippen LogP contribution in [0.15, 0.2) is 0 Å². The number of carboxylic acids is 1. The van der Waals surface area contributed by atoms with Gasteiger partial charge in [0.1, 0.15) is 0 Å². The second kappa shape index (κ2) is 6.46. The van der Waals surface area contributed by atoms with Crippen molar-refractivity contribution in [3.63, 3.8) is 0 Å². The molecule has 0 aromatic heterocycles. The molecule has 0 amide bonds. The number of carboxylic acid groups (broad SMARTS) is 1. The van der Waals surface area contributed by atoms with E-state index in [4.69, 9.17) is 5.11 Å². The molecule has 1 atom stereocenters. The van der Waals surface area contributed by atoms with Gasteiger partial charge in [0.2, 0.25) is 0 Å². The van der Waals surface area contributed by atoms with E-state index in [9.17, 15) is 9.59 Å². The Morgan fingerprint density at radius 2 is 2.15 bits per heavy atom. The maximum atomic E-state index is 10.4. The second-order valence-corrected chi connectivity index (χ2v) is 3.52. The fourth-order valence-electron chi connectivity index (χ4n) is 1.30. The van der Waals surface area contributed by atoms with Crippen LogP contribution in [0.4, 0.5) is 0 Å². The molecular formula is C9H16O4. The van der Waals surface area contributed by atoms with Gasteiger partial charge in [-0.25, -0.2) is 0 Å². The first-order chi connectivity index (χ1) is 6.06. The maximum Gasteiger partial charge on any atom is 0.303 e. The third-order valence-corrected chi connectivity index (χ3v) is 1.67. The smallest absolute Gasteiger partial charge is 0.303 e. The summed E-state index contributed by atoms with van der Waals surface area (Å²) in [6.45, 7) is 4.58. The van der Waals surface area contributed by atoms with Crippen LogP contribution in [0.25, 0.3) is 0 Å². The summed E-state index contributed by atoms with van der Waals surface area (Å²) in [5, 5.41) is 8.55. The minimum absolute atomic E-state index is 0.0615. The molecule has 0 bridgehead atoms. The van der Waals surface area contributed by atoms with Gasteiger partial charge < -0.3 is 9.84 Å². The lowest BCUT2D eigenvalue weighted by Gasteiger charge is -2.15. The van der Waals surface area contributed by atoms with E-state index >= 15 is 0 Å². The Bertz CT molecular complexity index is 165. The number of hydrogen-bond donors (Lipinski definition) is 1. The summed E-state index contributed by atoms with van der Waals surface area (Å²) in [4.78, 5) is 20.3. The lowest BCUT2D eigenvalue weighted by atomic mass is 9.95. The molecule has 4 nitrogen and oxygen atoms in total. The van der Waals surface area contributed by atoms with Gasteiger partial charge in [-0.15, -0.1) is 0 Å². The molecule has 1 unspecified atom stereocenters. The lowest BCUT2D eigenvalue weighted by Crippen LogP contribution is -2.16. The van der Waals surface area contributed by atoms with Crippen molar-refractivity contribution < 1.29 is 19.4 Å². The summed E-state index contributed by atoms with van der Waals surface area (Å²) in [5.41, 5.74) is 0. The summed E-state index contributed by atoms with van der Waals surface area (Å²) < 4.78 is 4.55. The molecule has 0 radical (unpaired) electrons. The number of carbonyl (C=O) groups excluding carboxylic acids is 1. The van der Waals surface area contributed by atoms with Crippen LogP contribution in [0.3, 0.4) is 0 Å². The van der Waals surface area contributed by atoms with Crippen molar-refractivity contribution >= 4 is 12.4 Å². The molecule has 0 spiro atoms. The Hall–Kier alpha value is -1.06. The highest BCUT2D eigenvalue weighted by molar-refractivity contribution is 5.67. The van der Waals surface area contributed by atoms with E-state index in [1.54, 1.807) is 0 Å². The zero-order valence-electron chi connectivity index (χ0n) is 8.03. The second-order valence-electron chi connectivity index (χ2n) is 3.52. The van der Waals surface area contributed by atoms with Crippen LogP contribution in [-0.4, -0.2) is 24.2 Å². The summed E-state index contributed by atoms with van der Waals surface area (Å²) in [6, 6.07) is 0. The van der Waals surface area contributed by atoms with E-state index in [2.05, 4.69) is 4.74 Å². The molecule has 0 aliphatic heterocycles. The Balaban J connectivity index is 3.86. The Labute approximate surface area is 77.9 Å². The maximum absolute atomic E-state index is 10.4. The highest BCUT2D eigenvalue weighted by Gasteiger charge is 2.15. The highest BCUT2D eigenvalue weighted by atomic mass is 16.5. The summed E-state index contributed by atoms with van der Waals surface area (Å²) in [6.07, 6.45) is 0.826. The molecule has 0 aliphatic carbocycles. The first kappa shape index (κ1) is 11.9.